The zero-order chi connectivity index (χ0) is 19.1. The van der Waals surface area contributed by atoms with Crippen molar-refractivity contribution in [2.24, 2.45) is 5.41 Å². The van der Waals surface area contributed by atoms with Crippen LogP contribution in [-0.2, 0) is 38.4 Å². The third-order valence-electron chi connectivity index (χ3n) is 2.80. The predicted molar refractivity (Wildman–Crippen MR) is 88.1 cm³/mol. The normalized spacial score (nSPS) is 10.4. The van der Waals surface area contributed by atoms with Gasteiger partial charge in [0.2, 0.25) is 0 Å². The Kier molecular flexibility index (Phi) is 11.6. The third-order valence-corrected chi connectivity index (χ3v) is 2.80. The van der Waals surface area contributed by atoms with Crippen molar-refractivity contribution in [1.82, 2.24) is 0 Å². The molecule has 0 bridgehead atoms. The van der Waals surface area contributed by atoms with E-state index in [0.717, 1.165) is 24.6 Å². The number of ether oxygens (including phenoxy) is 3. The maximum atomic E-state index is 11.4. The fourth-order valence-corrected chi connectivity index (χ4v) is 1.41. The van der Waals surface area contributed by atoms with Crippen LogP contribution < -0.4 is 0 Å². The third kappa shape index (κ3) is 10.1. The zero-order valence-corrected chi connectivity index (χ0v) is 14.4. The molecule has 0 fully saturated rings. The molecule has 0 aromatic carbocycles. The van der Waals surface area contributed by atoms with E-state index in [-0.39, 0.29) is 26.4 Å². The molecule has 0 saturated carbocycles. The molecule has 0 aliphatic rings. The Labute approximate surface area is 146 Å². The molecule has 0 unspecified atom stereocenters. The summed E-state index contributed by atoms with van der Waals surface area (Å²) in [5, 5.41) is 0. The second-order valence-corrected chi connectivity index (χ2v) is 5.02. The molecule has 0 atom stereocenters. The van der Waals surface area contributed by atoms with Gasteiger partial charge in [-0.15, -0.1) is 0 Å². The van der Waals surface area contributed by atoms with Gasteiger partial charge in [0.15, 0.2) is 0 Å². The molecule has 0 heterocycles. The highest BCUT2D eigenvalue weighted by Gasteiger charge is 2.36. The molecule has 0 aromatic heterocycles. The average molecular weight is 356 g/mol. The average Bonchev–Trinajstić information content (AvgIpc) is 2.64. The van der Waals surface area contributed by atoms with Gasteiger partial charge in [-0.25, -0.2) is 24.2 Å². The molecule has 0 aromatic rings. The summed E-state index contributed by atoms with van der Waals surface area (Å²) in [6.45, 7) is 11.2. The van der Waals surface area contributed by atoms with Crippen LogP contribution in [0.1, 0.15) is 13.3 Å². The summed E-state index contributed by atoms with van der Waals surface area (Å²) >= 11 is 0. The summed E-state index contributed by atoms with van der Waals surface area (Å²) in [4.78, 5) is 44.1. The Bertz CT molecular complexity index is 423. The summed E-state index contributed by atoms with van der Waals surface area (Å²) < 4.78 is 15.1. The molecule has 140 valence electrons. The fraction of sp³-hybridized carbons (Fsp3) is 0.471. The lowest BCUT2D eigenvalue weighted by atomic mass is 9.92. The van der Waals surface area contributed by atoms with Crippen LogP contribution in [0.15, 0.2) is 38.0 Å². The number of esters is 3. The van der Waals surface area contributed by atoms with E-state index in [2.05, 4.69) is 19.7 Å². The Morgan fingerprint density at radius 3 is 1.48 bits per heavy atom. The van der Waals surface area contributed by atoms with Gasteiger partial charge in [0.05, 0.1) is 18.6 Å². The minimum atomic E-state index is -1.18. The number of hydrogen-bond acceptors (Lipinski definition) is 8. The van der Waals surface area contributed by atoms with Gasteiger partial charge >= 0.3 is 17.9 Å². The summed E-state index contributed by atoms with van der Waals surface area (Å²) in [7, 11) is 0. The first-order valence-electron chi connectivity index (χ1n) is 7.55. The Morgan fingerprint density at radius 1 is 0.760 bits per heavy atom. The first kappa shape index (κ1) is 22.6. The van der Waals surface area contributed by atoms with Gasteiger partial charge in [-0.05, 0) is 6.42 Å². The molecule has 0 aliphatic carbocycles. The van der Waals surface area contributed by atoms with Gasteiger partial charge in [-0.3, -0.25) is 0 Å². The molecule has 8 nitrogen and oxygen atoms in total. The van der Waals surface area contributed by atoms with Gasteiger partial charge in [-0.1, -0.05) is 26.7 Å². The smallest absolute Gasteiger partial charge is 0.330 e. The predicted octanol–water partition coefficient (Wildman–Crippen LogP) is 1.52. The van der Waals surface area contributed by atoms with Gasteiger partial charge in [0.1, 0.15) is 19.8 Å². The van der Waals surface area contributed by atoms with E-state index in [4.69, 9.17) is 24.0 Å². The monoisotopic (exact) mass is 356 g/mol. The Morgan fingerprint density at radius 2 is 1.16 bits per heavy atom. The van der Waals surface area contributed by atoms with Crippen molar-refractivity contribution in [2.75, 3.05) is 33.0 Å². The lowest BCUT2D eigenvalue weighted by molar-refractivity contribution is -0.316. The summed E-state index contributed by atoms with van der Waals surface area (Å²) in [5.74, 6) is -2.07. The van der Waals surface area contributed by atoms with E-state index in [0.29, 0.717) is 6.61 Å². The van der Waals surface area contributed by atoms with Crippen LogP contribution in [0.5, 0.6) is 0 Å². The van der Waals surface area contributed by atoms with Crippen LogP contribution in [0.25, 0.3) is 0 Å². The summed E-state index contributed by atoms with van der Waals surface area (Å²) in [6.07, 6.45) is 3.65. The molecule has 0 amide bonds. The van der Waals surface area contributed by atoms with Crippen molar-refractivity contribution in [2.45, 2.75) is 13.3 Å². The van der Waals surface area contributed by atoms with Crippen LogP contribution in [0.2, 0.25) is 0 Å². The summed E-state index contributed by atoms with van der Waals surface area (Å²) in [6, 6.07) is 0. The van der Waals surface area contributed by atoms with Crippen LogP contribution >= 0.6 is 0 Å². The quantitative estimate of drug-likeness (QED) is 0.115. The molecule has 0 aliphatic heterocycles. The molecule has 0 N–H and O–H groups in total. The highest BCUT2D eigenvalue weighted by Crippen LogP contribution is 2.21. The van der Waals surface area contributed by atoms with E-state index < -0.39 is 23.3 Å². The molecular weight excluding hydrogens is 332 g/mol. The maximum absolute atomic E-state index is 11.4. The Balaban J connectivity index is 5.16. The molecule has 0 saturated heterocycles. The molecule has 0 spiro atoms. The fourth-order valence-electron chi connectivity index (χ4n) is 1.41. The van der Waals surface area contributed by atoms with Crippen LogP contribution in [0.4, 0.5) is 0 Å². The standard InChI is InChI=1S/C17H24O8/c1-5-9-24-25-13-17(10-21-14(18)6-2,11-22-15(19)7-3)12-23-16(20)8-4/h6-8H,2-5,9-13H2,1H3. The highest BCUT2D eigenvalue weighted by molar-refractivity contribution is 5.82. The maximum Gasteiger partial charge on any atom is 0.330 e. The van der Waals surface area contributed by atoms with Crippen molar-refractivity contribution < 1.29 is 38.4 Å². The Hall–Kier alpha value is -2.45. The van der Waals surface area contributed by atoms with Crippen molar-refractivity contribution in [3.05, 3.63) is 38.0 Å². The van der Waals surface area contributed by atoms with Crippen LogP contribution in [-0.4, -0.2) is 50.9 Å². The number of hydrogen-bond donors (Lipinski definition) is 0. The molecule has 25 heavy (non-hydrogen) atoms. The van der Waals surface area contributed by atoms with E-state index in [9.17, 15) is 14.4 Å². The van der Waals surface area contributed by atoms with Crippen LogP contribution in [0.3, 0.4) is 0 Å². The topological polar surface area (TPSA) is 97.4 Å². The van der Waals surface area contributed by atoms with Crippen LogP contribution in [0, 0.1) is 5.41 Å². The molecular formula is C17H24O8. The summed E-state index contributed by atoms with van der Waals surface area (Å²) in [5.41, 5.74) is -1.18. The first-order valence-corrected chi connectivity index (χ1v) is 7.55. The van der Waals surface area contributed by atoms with Gasteiger partial charge in [-0.2, -0.15) is 0 Å². The van der Waals surface area contributed by atoms with Gasteiger partial charge < -0.3 is 14.2 Å². The second-order valence-electron chi connectivity index (χ2n) is 5.02. The second kappa shape index (κ2) is 12.9. The van der Waals surface area contributed by atoms with Crippen molar-refractivity contribution in [1.29, 1.82) is 0 Å². The van der Waals surface area contributed by atoms with E-state index in [1.807, 2.05) is 6.92 Å². The van der Waals surface area contributed by atoms with Crippen molar-refractivity contribution in [3.63, 3.8) is 0 Å². The SMILES string of the molecule is C=CC(=O)OCC(COOCCC)(COC(=O)C=C)COC(=O)C=C. The largest absolute Gasteiger partial charge is 0.462 e. The minimum Gasteiger partial charge on any atom is -0.462 e. The minimum absolute atomic E-state index is 0.160. The lowest BCUT2D eigenvalue weighted by Crippen LogP contribution is -2.43. The van der Waals surface area contributed by atoms with E-state index >= 15 is 0 Å². The number of carbonyl (C=O) groups is 3. The molecule has 0 rings (SSSR count). The zero-order valence-electron chi connectivity index (χ0n) is 14.4. The number of rotatable bonds is 14. The first-order chi connectivity index (χ1) is 11.9. The van der Waals surface area contributed by atoms with E-state index in [1.54, 1.807) is 0 Å². The number of carbonyl (C=O) groups excluding carboxylic acids is 3. The highest BCUT2D eigenvalue weighted by atomic mass is 17.2. The van der Waals surface area contributed by atoms with Gasteiger partial charge in [0, 0.05) is 18.2 Å². The van der Waals surface area contributed by atoms with Gasteiger partial charge in [0.25, 0.3) is 0 Å². The van der Waals surface area contributed by atoms with Crippen molar-refractivity contribution in [3.8, 4) is 0 Å². The van der Waals surface area contributed by atoms with E-state index in [1.165, 1.54) is 0 Å². The van der Waals surface area contributed by atoms with Crippen molar-refractivity contribution >= 4 is 17.9 Å². The molecule has 0 radical (unpaired) electrons. The lowest BCUT2D eigenvalue weighted by Gasteiger charge is -2.30. The molecule has 8 heteroatoms.